The van der Waals surface area contributed by atoms with Gasteiger partial charge in [-0.1, -0.05) is 164 Å². The third-order valence-corrected chi connectivity index (χ3v) is 20.1. The van der Waals surface area contributed by atoms with E-state index >= 15 is 0 Å². The molecule has 0 amide bonds. The second-order valence-corrected chi connectivity index (χ2v) is 26.7. The maximum atomic E-state index is 11.9. The summed E-state index contributed by atoms with van der Waals surface area (Å²) >= 11 is 0. The van der Waals surface area contributed by atoms with Gasteiger partial charge in [-0.05, 0) is 227 Å². The molecular formula is C90H61N9. The first-order valence-electron chi connectivity index (χ1n) is 33.3. The van der Waals surface area contributed by atoms with Gasteiger partial charge in [-0.15, -0.1) is 0 Å². The van der Waals surface area contributed by atoms with Crippen LogP contribution in [0, 0.1) is 108 Å². The van der Waals surface area contributed by atoms with Gasteiger partial charge in [-0.3, -0.25) is 0 Å². The second kappa shape index (κ2) is 23.9. The molecule has 0 saturated carbocycles. The van der Waals surface area contributed by atoms with E-state index in [0.717, 1.165) is 118 Å². The fraction of sp³-hybridized carbons (Fsp3) is 0.111. The fourth-order valence-electron chi connectivity index (χ4n) is 15.9. The predicted octanol–water partition coefficient (Wildman–Crippen LogP) is 21.5. The Morgan fingerprint density at radius 2 is 0.545 bits per heavy atom. The average Bonchev–Trinajstić information content (AvgIpc) is 1.56. The van der Waals surface area contributed by atoms with Crippen LogP contribution >= 0.6 is 0 Å². The molecule has 0 spiro atoms. The van der Waals surface area contributed by atoms with E-state index in [9.17, 15) is 31.6 Å². The number of aromatic nitrogens is 3. The summed E-state index contributed by atoms with van der Waals surface area (Å²) in [7, 11) is 0. The molecular weight excluding hydrogens is 1210 g/mol. The smallest absolute Gasteiger partial charge is 0.101 e. The van der Waals surface area contributed by atoms with Crippen molar-refractivity contribution in [2.24, 2.45) is 11.8 Å². The minimum absolute atomic E-state index is 0.241. The second-order valence-electron chi connectivity index (χ2n) is 26.7. The van der Waals surface area contributed by atoms with E-state index in [1.54, 1.807) is 0 Å². The molecule has 9 nitrogen and oxygen atoms in total. The van der Waals surface area contributed by atoms with Crippen molar-refractivity contribution in [2.75, 3.05) is 0 Å². The molecule has 0 aliphatic heterocycles. The number of rotatable bonds is 9. The fourth-order valence-corrected chi connectivity index (χ4v) is 15.9. The molecule has 2 atom stereocenters. The quantitative estimate of drug-likeness (QED) is 0.140. The van der Waals surface area contributed by atoms with Gasteiger partial charge in [-0.25, -0.2) is 0 Å². The first-order chi connectivity index (χ1) is 48.3. The van der Waals surface area contributed by atoms with Gasteiger partial charge in [0.1, 0.15) is 36.4 Å². The molecule has 16 rings (SSSR count). The maximum absolute atomic E-state index is 11.9. The first-order valence-corrected chi connectivity index (χ1v) is 33.3. The van der Waals surface area contributed by atoms with E-state index in [-0.39, 0.29) is 45.2 Å². The van der Waals surface area contributed by atoms with Crippen molar-refractivity contribution in [3.05, 3.63) is 290 Å². The van der Waals surface area contributed by atoms with Gasteiger partial charge in [0.25, 0.3) is 0 Å². The third-order valence-electron chi connectivity index (χ3n) is 20.1. The van der Waals surface area contributed by atoms with Gasteiger partial charge < -0.3 is 13.7 Å². The SMILES string of the molecule is Cc1ccc2c(c1)c1c(n2-c2c(C#N)cc(-c3c(-c4ccccc4)c(-c4cc(C#N)c(-n5c6c(c7cc(C)ccc75)CC(C)C=C6)c(C#N)c4)c(-c4ccccc4)c(-c4cc(C#N)c(-n5c6ccc(C)cc6c6cc(C)ccc65)c(C#N)c4)c3-c3ccccc3)cc2C#N)C=CC(C)C1. The molecule has 9 heteroatoms. The average molecular weight is 1270 g/mol. The van der Waals surface area contributed by atoms with Crippen molar-refractivity contribution in [3.63, 3.8) is 0 Å². The van der Waals surface area contributed by atoms with Gasteiger partial charge in [0.05, 0.1) is 72.5 Å². The molecule has 0 fully saturated rings. The highest BCUT2D eigenvalue weighted by Crippen LogP contribution is 2.58. The lowest BCUT2D eigenvalue weighted by atomic mass is 9.73. The van der Waals surface area contributed by atoms with Gasteiger partial charge in [0.15, 0.2) is 0 Å². The van der Waals surface area contributed by atoms with Gasteiger partial charge in [-0.2, -0.15) is 31.6 Å². The summed E-state index contributed by atoms with van der Waals surface area (Å²) in [5.41, 5.74) is 22.5. The monoisotopic (exact) mass is 1270 g/mol. The summed E-state index contributed by atoms with van der Waals surface area (Å²) in [6.07, 6.45) is 10.2. The van der Waals surface area contributed by atoms with Crippen LogP contribution in [0.25, 0.3) is 140 Å². The third kappa shape index (κ3) is 9.68. The normalized spacial score (nSPS) is 13.7. The van der Waals surface area contributed by atoms with Crippen LogP contribution in [-0.4, -0.2) is 13.7 Å². The first kappa shape index (κ1) is 60.6. The summed E-state index contributed by atoms with van der Waals surface area (Å²) in [4.78, 5) is 0. The number of fused-ring (bicyclic) bond motifs is 9. The van der Waals surface area contributed by atoms with Crippen LogP contribution < -0.4 is 0 Å². The summed E-state index contributed by atoms with van der Waals surface area (Å²) < 4.78 is 6.22. The van der Waals surface area contributed by atoms with E-state index in [2.05, 4.69) is 184 Å². The Morgan fingerprint density at radius 1 is 0.293 bits per heavy atom. The number of nitrogens with zero attached hydrogens (tertiary/aromatic N) is 9. The number of hydrogen-bond donors (Lipinski definition) is 0. The summed E-state index contributed by atoms with van der Waals surface area (Å²) in [5, 5.41) is 75.8. The molecule has 0 bridgehead atoms. The molecule has 0 saturated heterocycles. The van der Waals surface area contributed by atoms with Crippen molar-refractivity contribution in [1.29, 1.82) is 31.6 Å². The molecule has 11 aromatic carbocycles. The van der Waals surface area contributed by atoms with Gasteiger partial charge in [0, 0.05) is 32.9 Å². The summed E-state index contributed by atoms with van der Waals surface area (Å²) in [6, 6.07) is 82.4. The van der Waals surface area contributed by atoms with E-state index in [4.69, 9.17) is 0 Å². The van der Waals surface area contributed by atoms with Crippen LogP contribution in [0.15, 0.2) is 212 Å². The highest BCUT2D eigenvalue weighted by molar-refractivity contribution is 6.16. The Kier molecular flexibility index (Phi) is 14.6. The van der Waals surface area contributed by atoms with Gasteiger partial charge in [0.2, 0.25) is 0 Å². The van der Waals surface area contributed by atoms with Crippen molar-refractivity contribution >= 4 is 55.8 Å². The zero-order valence-electron chi connectivity index (χ0n) is 55.5. The highest BCUT2D eigenvalue weighted by Gasteiger charge is 2.35. The molecule has 2 aliphatic carbocycles. The van der Waals surface area contributed by atoms with Crippen LogP contribution in [0.3, 0.4) is 0 Å². The van der Waals surface area contributed by atoms with Crippen LogP contribution in [0.4, 0.5) is 0 Å². The van der Waals surface area contributed by atoms with E-state index in [1.165, 1.54) is 0 Å². The number of benzene rings is 11. The molecule has 99 heavy (non-hydrogen) atoms. The lowest BCUT2D eigenvalue weighted by molar-refractivity contribution is 0.717. The summed E-state index contributed by atoms with van der Waals surface area (Å²) in [5.74, 6) is 0.531. The Bertz CT molecular complexity index is 5760. The zero-order valence-corrected chi connectivity index (χ0v) is 55.5. The van der Waals surface area contributed by atoms with E-state index < -0.39 is 0 Å². The van der Waals surface area contributed by atoms with Crippen molar-refractivity contribution in [3.8, 4) is 120 Å². The molecule has 3 aromatic heterocycles. The van der Waals surface area contributed by atoms with E-state index in [1.807, 2.05) is 132 Å². The molecule has 2 aliphatic rings. The summed E-state index contributed by atoms with van der Waals surface area (Å²) in [6.45, 7) is 12.7. The standard InChI is InChI=1S/C90H61N9/c1-52-22-28-76-70(34-52)71-35-53(2)23-29-77(71)97(76)88-64(46-91)40-61(41-65(88)47-92)85-82(58-16-10-7-11-17-58)86(62-42-66(48-93)89(67(43-62)49-94)98-78-30-24-54(3)36-72(78)73-37-55(4)25-31-79(73)98)84(60-20-14-9-15-21-60)87(83(85)59-18-12-8-13-19-59)63-44-68(50-95)90(69(45-63)51-96)99-80-32-26-56(5)38-74(80)75-39-57(6)27-33-81(75)99/h7-36,38,40-45,55,57H,37,39H2,1-6H3. The topological polar surface area (TPSA) is 158 Å². The van der Waals surface area contributed by atoms with Crippen LogP contribution in [0.5, 0.6) is 0 Å². The number of nitriles is 6. The molecule has 0 N–H and O–H groups in total. The molecule has 2 unspecified atom stereocenters. The lowest BCUT2D eigenvalue weighted by Gasteiger charge is -2.30. The Morgan fingerprint density at radius 3 is 0.828 bits per heavy atom. The molecule has 466 valence electrons. The highest BCUT2D eigenvalue weighted by atomic mass is 15.0. The molecule has 0 radical (unpaired) electrons. The van der Waals surface area contributed by atoms with Crippen LogP contribution in [-0.2, 0) is 12.8 Å². The number of aryl methyl sites for hydroxylation is 4. The van der Waals surface area contributed by atoms with Crippen molar-refractivity contribution in [2.45, 2.75) is 54.4 Å². The maximum Gasteiger partial charge on any atom is 0.101 e. The van der Waals surface area contributed by atoms with Gasteiger partial charge >= 0.3 is 0 Å². The molecule has 14 aromatic rings. The minimum atomic E-state index is 0.241. The van der Waals surface area contributed by atoms with Crippen LogP contribution in [0.1, 0.15) is 92.0 Å². The van der Waals surface area contributed by atoms with Crippen molar-refractivity contribution in [1.82, 2.24) is 13.7 Å². The number of allylic oxidation sites excluding steroid dienone is 2. The van der Waals surface area contributed by atoms with E-state index in [0.29, 0.717) is 67.1 Å². The molecule has 3 heterocycles. The Balaban J connectivity index is 1.11. The zero-order chi connectivity index (χ0) is 68.1. The Hall–Kier alpha value is -13.3. The number of hydrogen-bond acceptors (Lipinski definition) is 6. The van der Waals surface area contributed by atoms with Crippen LogP contribution in [0.2, 0.25) is 0 Å². The van der Waals surface area contributed by atoms with Crippen molar-refractivity contribution < 1.29 is 0 Å². The predicted molar refractivity (Wildman–Crippen MR) is 398 cm³/mol. The minimum Gasteiger partial charge on any atom is -0.307 e. The largest absolute Gasteiger partial charge is 0.307 e. The Labute approximate surface area is 574 Å². The lowest BCUT2D eigenvalue weighted by Crippen LogP contribution is -2.09.